The minimum Gasteiger partial charge on any atom is -0.326 e. The van der Waals surface area contributed by atoms with Gasteiger partial charge in [0.15, 0.2) is 0 Å². The molecule has 1 aliphatic rings. The van der Waals surface area contributed by atoms with Crippen LogP contribution < -0.4 is 5.32 Å². The summed E-state index contributed by atoms with van der Waals surface area (Å²) in [5.41, 5.74) is 4.67. The van der Waals surface area contributed by atoms with Gasteiger partial charge >= 0.3 is 0 Å². The summed E-state index contributed by atoms with van der Waals surface area (Å²) >= 11 is 6.98. The summed E-state index contributed by atoms with van der Waals surface area (Å²) < 4.78 is 1.93. The number of nitrogens with zero attached hydrogens (tertiary/aromatic N) is 2. The average Bonchev–Trinajstić information content (AvgIpc) is 3.25. The van der Waals surface area contributed by atoms with Crippen LogP contribution in [-0.2, 0) is 9.59 Å². The predicted molar refractivity (Wildman–Crippen MR) is 138 cm³/mol. The highest BCUT2D eigenvalue weighted by Crippen LogP contribution is 2.34. The lowest BCUT2D eigenvalue weighted by molar-refractivity contribution is -0.134. The van der Waals surface area contributed by atoms with Gasteiger partial charge in [-0.15, -0.1) is 0 Å². The second-order valence-electron chi connectivity index (χ2n) is 7.98. The highest BCUT2D eigenvalue weighted by atomic mass is 79.9. The van der Waals surface area contributed by atoms with Crippen molar-refractivity contribution in [2.75, 3.05) is 5.32 Å². The summed E-state index contributed by atoms with van der Waals surface area (Å²) in [5, 5.41) is 9.07. The lowest BCUT2D eigenvalue weighted by atomic mass is 9.98. The van der Waals surface area contributed by atoms with Gasteiger partial charge in [-0.05, 0) is 54.4 Å². The SMILES string of the molecule is Cc1ccc(NC(=O)CCC(=O)N2N=C(c3ccc(Br)cc3)C[C@@H]2c2cccc(Br)c2)cc1. The molecule has 2 amide bonds. The van der Waals surface area contributed by atoms with Crippen molar-refractivity contribution in [2.45, 2.75) is 32.2 Å². The Kier molecular flexibility index (Phi) is 7.40. The molecular formula is C26H23Br2N3O2. The highest BCUT2D eigenvalue weighted by molar-refractivity contribution is 9.10. The lowest BCUT2D eigenvalue weighted by Gasteiger charge is -2.22. The molecule has 1 heterocycles. The molecule has 0 radical (unpaired) electrons. The van der Waals surface area contributed by atoms with Gasteiger partial charge in [0.05, 0.1) is 11.8 Å². The Bertz CT molecular complexity index is 1190. The zero-order valence-corrected chi connectivity index (χ0v) is 21.3. The first-order chi connectivity index (χ1) is 15.9. The van der Waals surface area contributed by atoms with Crippen LogP contribution in [0.4, 0.5) is 5.69 Å². The van der Waals surface area contributed by atoms with Gasteiger partial charge in [0, 0.05) is 33.9 Å². The molecule has 0 unspecified atom stereocenters. The standard InChI is InChI=1S/C26H23Br2N3O2/c1-17-5-11-22(12-6-17)29-25(32)13-14-26(33)31-24(19-3-2-4-21(28)15-19)16-23(30-31)18-7-9-20(27)10-8-18/h2-12,15,24H,13-14,16H2,1H3,(H,29,32)/t24-/m1/s1. The summed E-state index contributed by atoms with van der Waals surface area (Å²) in [6.45, 7) is 1.99. The van der Waals surface area contributed by atoms with Crippen molar-refractivity contribution in [1.29, 1.82) is 0 Å². The van der Waals surface area contributed by atoms with Crippen LogP contribution in [0.25, 0.3) is 0 Å². The molecule has 0 spiro atoms. The largest absolute Gasteiger partial charge is 0.326 e. The van der Waals surface area contributed by atoms with E-state index in [9.17, 15) is 9.59 Å². The number of hydrazone groups is 1. The third kappa shape index (κ3) is 5.97. The second kappa shape index (κ2) is 10.4. The van der Waals surface area contributed by atoms with Crippen LogP contribution in [0.2, 0.25) is 0 Å². The number of carbonyl (C=O) groups excluding carboxylic acids is 2. The van der Waals surface area contributed by atoms with E-state index in [0.29, 0.717) is 6.42 Å². The van der Waals surface area contributed by atoms with Gasteiger partial charge in [-0.1, -0.05) is 73.8 Å². The topological polar surface area (TPSA) is 61.8 Å². The molecule has 0 bridgehead atoms. The quantitative estimate of drug-likeness (QED) is 0.363. The van der Waals surface area contributed by atoms with E-state index in [0.717, 1.165) is 37.0 Å². The first-order valence-electron chi connectivity index (χ1n) is 10.7. The number of halogens is 2. The number of aryl methyl sites for hydroxylation is 1. The Labute approximate surface area is 210 Å². The number of benzene rings is 3. The maximum absolute atomic E-state index is 13.2. The van der Waals surface area contributed by atoms with E-state index >= 15 is 0 Å². The normalized spacial score (nSPS) is 15.3. The zero-order chi connectivity index (χ0) is 23.4. The van der Waals surface area contributed by atoms with Crippen molar-refractivity contribution in [3.8, 4) is 0 Å². The lowest BCUT2D eigenvalue weighted by Crippen LogP contribution is -2.28. The van der Waals surface area contributed by atoms with Crippen molar-refractivity contribution in [3.63, 3.8) is 0 Å². The molecular weight excluding hydrogens is 546 g/mol. The molecule has 4 rings (SSSR count). The number of carbonyl (C=O) groups is 2. The van der Waals surface area contributed by atoms with Gasteiger partial charge in [0.2, 0.25) is 11.8 Å². The smallest absolute Gasteiger partial charge is 0.243 e. The predicted octanol–water partition coefficient (Wildman–Crippen LogP) is 6.62. The Morgan fingerprint density at radius 3 is 2.39 bits per heavy atom. The van der Waals surface area contributed by atoms with Crippen LogP contribution in [0.1, 0.15) is 42.0 Å². The van der Waals surface area contributed by atoms with Crippen LogP contribution in [0.3, 0.4) is 0 Å². The first kappa shape index (κ1) is 23.4. The molecule has 0 aliphatic carbocycles. The van der Waals surface area contributed by atoms with Crippen LogP contribution in [0, 0.1) is 6.92 Å². The van der Waals surface area contributed by atoms with Gasteiger partial charge in [-0.2, -0.15) is 5.10 Å². The number of hydrogen-bond acceptors (Lipinski definition) is 3. The van der Waals surface area contributed by atoms with Crippen molar-refractivity contribution in [3.05, 3.63) is 98.4 Å². The molecule has 0 saturated carbocycles. The maximum Gasteiger partial charge on any atom is 0.243 e. The van der Waals surface area contributed by atoms with E-state index < -0.39 is 0 Å². The van der Waals surface area contributed by atoms with Gasteiger partial charge < -0.3 is 5.32 Å². The average molecular weight is 569 g/mol. The van der Waals surface area contributed by atoms with Crippen molar-refractivity contribution >= 4 is 55.1 Å². The van der Waals surface area contributed by atoms with Gasteiger partial charge in [-0.3, -0.25) is 9.59 Å². The molecule has 3 aromatic carbocycles. The minimum atomic E-state index is -0.214. The van der Waals surface area contributed by atoms with Gasteiger partial charge in [0.1, 0.15) is 0 Å². The molecule has 0 aromatic heterocycles. The summed E-state index contributed by atoms with van der Waals surface area (Å²) in [6, 6.07) is 23.2. The third-order valence-corrected chi connectivity index (χ3v) is 6.50. The van der Waals surface area contributed by atoms with Gasteiger partial charge in [0.25, 0.3) is 0 Å². The Hall–Kier alpha value is -2.77. The molecule has 5 nitrogen and oxygen atoms in total. The number of hydrogen-bond donors (Lipinski definition) is 1. The minimum absolute atomic E-state index is 0.0827. The van der Waals surface area contributed by atoms with E-state index in [2.05, 4.69) is 42.3 Å². The Balaban J connectivity index is 1.49. The third-order valence-electron chi connectivity index (χ3n) is 5.48. The molecule has 33 heavy (non-hydrogen) atoms. The highest BCUT2D eigenvalue weighted by Gasteiger charge is 2.33. The summed E-state index contributed by atoms with van der Waals surface area (Å²) in [5.74, 6) is -0.367. The zero-order valence-electron chi connectivity index (χ0n) is 18.1. The molecule has 0 fully saturated rings. The van der Waals surface area contributed by atoms with E-state index in [4.69, 9.17) is 0 Å². The number of rotatable bonds is 6. The van der Waals surface area contributed by atoms with Crippen molar-refractivity contribution in [1.82, 2.24) is 5.01 Å². The van der Waals surface area contributed by atoms with Crippen molar-refractivity contribution < 1.29 is 9.59 Å². The van der Waals surface area contributed by atoms with Crippen LogP contribution in [-0.4, -0.2) is 22.5 Å². The fraction of sp³-hybridized carbons (Fsp3) is 0.192. The molecule has 1 atom stereocenters. The molecule has 7 heteroatoms. The van der Waals surface area contributed by atoms with Crippen molar-refractivity contribution in [2.24, 2.45) is 5.10 Å². The van der Waals surface area contributed by atoms with Gasteiger partial charge in [-0.25, -0.2) is 5.01 Å². The van der Waals surface area contributed by atoms with Crippen LogP contribution in [0.15, 0.2) is 86.8 Å². The monoisotopic (exact) mass is 567 g/mol. The Morgan fingerprint density at radius 1 is 0.970 bits per heavy atom. The summed E-state index contributed by atoms with van der Waals surface area (Å²) in [7, 11) is 0. The molecule has 168 valence electrons. The summed E-state index contributed by atoms with van der Waals surface area (Å²) in [6.07, 6.45) is 0.788. The first-order valence-corrected chi connectivity index (χ1v) is 12.2. The fourth-order valence-corrected chi connectivity index (χ4v) is 4.41. The molecule has 1 N–H and O–H groups in total. The van der Waals surface area contributed by atoms with Crippen LogP contribution >= 0.6 is 31.9 Å². The number of amides is 2. The number of nitrogens with one attached hydrogen (secondary N) is 1. The Morgan fingerprint density at radius 2 is 1.70 bits per heavy atom. The fourth-order valence-electron chi connectivity index (χ4n) is 3.73. The van der Waals surface area contributed by atoms with Crippen LogP contribution in [0.5, 0.6) is 0 Å². The maximum atomic E-state index is 13.2. The molecule has 3 aromatic rings. The second-order valence-corrected chi connectivity index (χ2v) is 9.81. The molecule has 1 aliphatic heterocycles. The van der Waals surface area contributed by atoms with E-state index in [1.54, 1.807) is 0 Å². The molecule has 0 saturated heterocycles. The van der Waals surface area contributed by atoms with E-state index in [1.165, 1.54) is 5.01 Å². The number of anilines is 1. The van der Waals surface area contributed by atoms with E-state index in [1.807, 2.05) is 79.7 Å². The summed E-state index contributed by atoms with van der Waals surface area (Å²) in [4.78, 5) is 25.6. The van der Waals surface area contributed by atoms with E-state index in [-0.39, 0.29) is 30.7 Å².